The van der Waals surface area contributed by atoms with Crippen LogP contribution in [0.2, 0.25) is 0 Å². The first-order chi connectivity index (χ1) is 19.9. The number of carbonyl (C=O) groups excluding carboxylic acids is 1. The van der Waals surface area contributed by atoms with Crippen LogP contribution >= 0.6 is 0 Å². The van der Waals surface area contributed by atoms with Crippen LogP contribution in [0.4, 0.5) is 0 Å². The van der Waals surface area contributed by atoms with Crippen LogP contribution in [-0.4, -0.2) is 122 Å². The number of aromatic hydroxyl groups is 2. The van der Waals surface area contributed by atoms with Gasteiger partial charge in [-0.25, -0.2) is 0 Å². The number of methoxy groups -OCH3 is 1. The number of ketones is 1. The van der Waals surface area contributed by atoms with E-state index in [0.717, 1.165) is 18.2 Å². The minimum atomic E-state index is -1.78. The van der Waals surface area contributed by atoms with Gasteiger partial charge in [-0.1, -0.05) is 18.2 Å². The van der Waals surface area contributed by atoms with Crippen molar-refractivity contribution in [2.75, 3.05) is 13.7 Å². The van der Waals surface area contributed by atoms with Crippen LogP contribution in [0.25, 0.3) is 6.08 Å². The SMILES string of the molecule is COc1ccc(/C=C/C(=O)c2c(O)cc(O[C@@H]3O[C@@H](CO)[C@@H](O)[C@@H](O)[C@H]3O[C@@H]3O[C@H](C)[C@H](O)[C@H](O)[C@H]3O)cc2O)cc1. The van der Waals surface area contributed by atoms with Gasteiger partial charge in [0.2, 0.25) is 6.29 Å². The summed E-state index contributed by atoms with van der Waals surface area (Å²) in [6.45, 7) is 0.676. The molecular weight excluding hydrogens is 560 g/mol. The normalized spacial score (nSPS) is 33.4. The van der Waals surface area contributed by atoms with E-state index in [1.807, 2.05) is 0 Å². The smallest absolute Gasteiger partial charge is 0.229 e. The van der Waals surface area contributed by atoms with Crippen molar-refractivity contribution in [1.82, 2.24) is 0 Å². The van der Waals surface area contributed by atoms with Crippen molar-refractivity contribution in [1.29, 1.82) is 0 Å². The van der Waals surface area contributed by atoms with Gasteiger partial charge in [0.1, 0.15) is 65.2 Å². The number of allylic oxidation sites excluding steroid dienone is 1. The molecule has 230 valence electrons. The minimum absolute atomic E-state index is 0.256. The molecule has 2 aromatic rings. The van der Waals surface area contributed by atoms with Crippen LogP contribution in [0.5, 0.6) is 23.0 Å². The molecule has 14 nitrogen and oxygen atoms in total. The number of benzene rings is 2. The highest BCUT2D eigenvalue weighted by atomic mass is 16.8. The van der Waals surface area contributed by atoms with Crippen molar-refractivity contribution >= 4 is 11.9 Å². The van der Waals surface area contributed by atoms with Gasteiger partial charge >= 0.3 is 0 Å². The number of aliphatic hydroxyl groups excluding tert-OH is 6. The first kappa shape index (κ1) is 31.6. The van der Waals surface area contributed by atoms with Crippen molar-refractivity contribution in [2.45, 2.75) is 68.3 Å². The zero-order chi connectivity index (χ0) is 30.7. The number of ether oxygens (including phenoxy) is 5. The van der Waals surface area contributed by atoms with E-state index < -0.39 is 90.9 Å². The molecule has 0 unspecified atom stereocenters. The van der Waals surface area contributed by atoms with Crippen molar-refractivity contribution in [3.8, 4) is 23.0 Å². The third-order valence-electron chi connectivity index (χ3n) is 7.04. The Morgan fingerprint density at radius 2 is 1.50 bits per heavy atom. The quantitative estimate of drug-likeness (QED) is 0.129. The molecule has 4 rings (SSSR count). The molecule has 2 fully saturated rings. The van der Waals surface area contributed by atoms with Gasteiger partial charge in [-0.05, 0) is 30.7 Å². The molecule has 8 N–H and O–H groups in total. The van der Waals surface area contributed by atoms with E-state index in [0.29, 0.717) is 11.3 Å². The summed E-state index contributed by atoms with van der Waals surface area (Å²) in [7, 11) is 1.52. The van der Waals surface area contributed by atoms with Gasteiger partial charge < -0.3 is 64.5 Å². The average Bonchev–Trinajstić information content (AvgIpc) is 2.97. The highest BCUT2D eigenvalue weighted by molar-refractivity contribution is 6.10. The van der Waals surface area contributed by atoms with Crippen LogP contribution in [0.1, 0.15) is 22.8 Å². The molecule has 0 bridgehead atoms. The number of aliphatic hydroxyl groups is 6. The second kappa shape index (κ2) is 13.3. The highest BCUT2D eigenvalue weighted by Crippen LogP contribution is 2.36. The Labute approximate surface area is 240 Å². The Kier molecular flexibility index (Phi) is 10.0. The molecule has 2 aliphatic rings. The van der Waals surface area contributed by atoms with Crippen molar-refractivity contribution in [3.05, 3.63) is 53.6 Å². The maximum absolute atomic E-state index is 12.7. The second-order valence-corrected chi connectivity index (χ2v) is 9.91. The van der Waals surface area contributed by atoms with Crippen LogP contribution in [-0.2, 0) is 14.2 Å². The molecule has 14 heteroatoms. The first-order valence-corrected chi connectivity index (χ1v) is 13.0. The third kappa shape index (κ3) is 6.67. The van der Waals surface area contributed by atoms with E-state index in [1.165, 1.54) is 20.1 Å². The summed E-state index contributed by atoms with van der Waals surface area (Å²) in [6.07, 6.45) is -12.9. The lowest BCUT2D eigenvalue weighted by Crippen LogP contribution is -2.64. The molecule has 42 heavy (non-hydrogen) atoms. The number of hydrogen-bond donors (Lipinski definition) is 8. The summed E-state index contributed by atoms with van der Waals surface area (Å²) in [4.78, 5) is 12.7. The zero-order valence-corrected chi connectivity index (χ0v) is 22.6. The molecule has 2 aromatic carbocycles. The molecule has 0 amide bonds. The Bertz CT molecular complexity index is 1230. The fourth-order valence-corrected chi connectivity index (χ4v) is 4.59. The molecule has 0 spiro atoms. The predicted molar refractivity (Wildman–Crippen MR) is 142 cm³/mol. The van der Waals surface area contributed by atoms with E-state index in [4.69, 9.17) is 23.7 Å². The Morgan fingerprint density at radius 1 is 0.857 bits per heavy atom. The molecule has 0 saturated carbocycles. The number of phenols is 2. The summed E-state index contributed by atoms with van der Waals surface area (Å²) in [6, 6.07) is 8.78. The standard InChI is InChI=1S/C28H34O14/c1-12-21(33)23(35)25(37)27(39-12)42-26-24(36)22(34)19(11-29)41-28(26)40-15-9-17(31)20(18(32)10-15)16(30)8-5-13-3-6-14(38-2)7-4-13/h3-10,12,19,21-29,31-37H,11H2,1-2H3/b8-5+/t12-,19+,21+,22-,23+,24-,25-,26-,27+,28-/m1/s1. The number of hydrogen-bond acceptors (Lipinski definition) is 14. The monoisotopic (exact) mass is 594 g/mol. The summed E-state index contributed by atoms with van der Waals surface area (Å²) in [5.41, 5.74) is 0.236. The predicted octanol–water partition coefficient (Wildman–Crippen LogP) is -0.967. The summed E-state index contributed by atoms with van der Waals surface area (Å²) in [5, 5.41) is 82.2. The van der Waals surface area contributed by atoms with Crippen molar-refractivity contribution < 1.29 is 69.3 Å². The maximum Gasteiger partial charge on any atom is 0.229 e. The van der Waals surface area contributed by atoms with Crippen LogP contribution in [0.15, 0.2) is 42.5 Å². The van der Waals surface area contributed by atoms with Crippen molar-refractivity contribution in [3.63, 3.8) is 0 Å². The Morgan fingerprint density at radius 3 is 2.10 bits per heavy atom. The molecular formula is C28H34O14. The van der Waals surface area contributed by atoms with E-state index >= 15 is 0 Å². The van der Waals surface area contributed by atoms with Gasteiger partial charge in [0, 0.05) is 12.1 Å². The van der Waals surface area contributed by atoms with Gasteiger partial charge in [-0.3, -0.25) is 4.79 Å². The fourth-order valence-electron chi connectivity index (χ4n) is 4.59. The summed E-state index contributed by atoms with van der Waals surface area (Å²) < 4.78 is 27.3. The molecule has 0 radical (unpaired) electrons. The van der Waals surface area contributed by atoms with E-state index in [9.17, 15) is 45.6 Å². The minimum Gasteiger partial charge on any atom is -0.507 e. The largest absolute Gasteiger partial charge is 0.507 e. The zero-order valence-electron chi connectivity index (χ0n) is 22.6. The van der Waals surface area contributed by atoms with Gasteiger partial charge in [0.05, 0.1) is 19.8 Å². The Hall–Kier alpha value is -3.31. The molecule has 0 aromatic heterocycles. The maximum atomic E-state index is 12.7. The number of rotatable bonds is 9. The number of phenolic OH excluding ortho intramolecular Hbond substituents is 2. The average molecular weight is 595 g/mol. The third-order valence-corrected chi connectivity index (χ3v) is 7.04. The molecule has 2 heterocycles. The lowest BCUT2D eigenvalue weighted by atomic mass is 9.97. The molecule has 0 aliphatic carbocycles. The van der Waals surface area contributed by atoms with Crippen LogP contribution < -0.4 is 9.47 Å². The van der Waals surface area contributed by atoms with Crippen LogP contribution in [0.3, 0.4) is 0 Å². The highest BCUT2D eigenvalue weighted by Gasteiger charge is 2.50. The van der Waals surface area contributed by atoms with Crippen molar-refractivity contribution in [2.24, 2.45) is 0 Å². The summed E-state index contributed by atoms with van der Waals surface area (Å²) in [5.74, 6) is -1.66. The first-order valence-electron chi connectivity index (χ1n) is 13.0. The Balaban J connectivity index is 1.54. The van der Waals surface area contributed by atoms with E-state index in [2.05, 4.69) is 0 Å². The van der Waals surface area contributed by atoms with Gasteiger partial charge in [0.15, 0.2) is 18.2 Å². The summed E-state index contributed by atoms with van der Waals surface area (Å²) >= 11 is 0. The van der Waals surface area contributed by atoms with Gasteiger partial charge in [-0.2, -0.15) is 0 Å². The van der Waals surface area contributed by atoms with Gasteiger partial charge in [-0.15, -0.1) is 0 Å². The number of carbonyl (C=O) groups is 1. The van der Waals surface area contributed by atoms with Gasteiger partial charge in [0.25, 0.3) is 0 Å². The lowest BCUT2D eigenvalue weighted by molar-refractivity contribution is -0.354. The second-order valence-electron chi connectivity index (χ2n) is 9.91. The molecule has 2 aliphatic heterocycles. The van der Waals surface area contributed by atoms with E-state index in [1.54, 1.807) is 24.3 Å². The lowest BCUT2D eigenvalue weighted by Gasteiger charge is -2.45. The molecule has 2 saturated heterocycles. The fraction of sp³-hybridized carbons (Fsp3) is 0.464. The molecule has 10 atom stereocenters. The van der Waals surface area contributed by atoms with Crippen LogP contribution in [0, 0.1) is 0 Å². The topological polar surface area (TPSA) is 225 Å². The van der Waals surface area contributed by atoms with E-state index in [-0.39, 0.29) is 5.75 Å².